The maximum absolute atomic E-state index is 6.28. The van der Waals surface area contributed by atoms with Gasteiger partial charge in [0.05, 0.1) is 0 Å². The molecule has 15 heavy (non-hydrogen) atoms. The number of likely N-dealkylation sites (tertiary alicyclic amines) is 1. The molecule has 0 unspecified atom stereocenters. The fourth-order valence-electron chi connectivity index (χ4n) is 3.28. The van der Waals surface area contributed by atoms with Crippen LogP contribution in [-0.4, -0.2) is 30.1 Å². The van der Waals surface area contributed by atoms with Crippen molar-refractivity contribution in [2.45, 2.75) is 51.6 Å². The molecule has 1 atom stereocenters. The zero-order chi connectivity index (χ0) is 11.1. The van der Waals surface area contributed by atoms with Gasteiger partial charge in [0, 0.05) is 17.5 Å². The molecule has 0 bridgehead atoms. The first-order chi connectivity index (χ1) is 7.06. The van der Waals surface area contributed by atoms with E-state index in [2.05, 4.69) is 25.3 Å². The van der Waals surface area contributed by atoms with Gasteiger partial charge in [-0.25, -0.2) is 0 Å². The van der Waals surface area contributed by atoms with Crippen LogP contribution in [0.1, 0.15) is 39.5 Å². The van der Waals surface area contributed by atoms with E-state index in [-0.39, 0.29) is 0 Å². The Morgan fingerprint density at radius 3 is 2.40 bits per heavy atom. The molecule has 2 rings (SSSR count). The fourth-order valence-corrected chi connectivity index (χ4v) is 3.28. The number of hydrogen-bond acceptors (Lipinski definition) is 2. The van der Waals surface area contributed by atoms with Crippen molar-refractivity contribution in [1.82, 2.24) is 4.90 Å². The lowest BCUT2D eigenvalue weighted by Gasteiger charge is -2.44. The lowest BCUT2D eigenvalue weighted by atomic mass is 9.72. The summed E-state index contributed by atoms with van der Waals surface area (Å²) in [6, 6.07) is 1.05. The molecule has 1 aliphatic heterocycles. The summed E-state index contributed by atoms with van der Waals surface area (Å²) in [5, 5.41) is 0. The van der Waals surface area contributed by atoms with Gasteiger partial charge < -0.3 is 10.6 Å². The van der Waals surface area contributed by atoms with E-state index < -0.39 is 0 Å². The second kappa shape index (κ2) is 3.91. The third-order valence-electron chi connectivity index (χ3n) is 4.59. The molecule has 0 radical (unpaired) electrons. The van der Waals surface area contributed by atoms with Gasteiger partial charge in [0.15, 0.2) is 0 Å². The minimum atomic E-state index is 0.297. The minimum Gasteiger partial charge on any atom is -0.327 e. The summed E-state index contributed by atoms with van der Waals surface area (Å²) in [4.78, 5) is 2.56. The van der Waals surface area contributed by atoms with Crippen molar-refractivity contribution in [1.29, 1.82) is 0 Å². The highest BCUT2D eigenvalue weighted by atomic mass is 15.2. The summed E-state index contributed by atoms with van der Waals surface area (Å²) in [6.45, 7) is 11.2. The van der Waals surface area contributed by atoms with Gasteiger partial charge in [-0.2, -0.15) is 0 Å². The van der Waals surface area contributed by atoms with Crippen LogP contribution in [0.25, 0.3) is 0 Å². The van der Waals surface area contributed by atoms with Crippen molar-refractivity contribution in [2.75, 3.05) is 13.1 Å². The third kappa shape index (κ3) is 1.74. The van der Waals surface area contributed by atoms with Crippen LogP contribution < -0.4 is 5.73 Å². The van der Waals surface area contributed by atoms with Gasteiger partial charge in [0.25, 0.3) is 0 Å². The first kappa shape index (κ1) is 11.2. The van der Waals surface area contributed by atoms with Gasteiger partial charge in [-0.1, -0.05) is 12.2 Å². The highest BCUT2D eigenvalue weighted by Gasteiger charge is 2.45. The van der Waals surface area contributed by atoms with Gasteiger partial charge in [0.1, 0.15) is 0 Å². The third-order valence-corrected chi connectivity index (χ3v) is 4.59. The Bertz CT molecular complexity index is 249. The van der Waals surface area contributed by atoms with E-state index in [0.717, 1.165) is 12.8 Å². The van der Waals surface area contributed by atoms with Crippen LogP contribution in [0.15, 0.2) is 12.2 Å². The smallest absolute Gasteiger partial charge is 0.0137 e. The fraction of sp³-hybridized carbons (Fsp3) is 0.846. The number of nitrogens with zero attached hydrogens (tertiary/aromatic N) is 1. The standard InChI is InChI=1S/C13H24N2/c1-10(2)15-8-6-13(7-9-15)11(3)4-5-12(13)14/h10,12H,3-9,14H2,1-2H3/t12-/m1/s1. The Hall–Kier alpha value is -0.340. The molecule has 1 heterocycles. The molecule has 1 saturated carbocycles. The Kier molecular flexibility index (Phi) is 2.91. The average molecular weight is 208 g/mol. The average Bonchev–Trinajstić information content (AvgIpc) is 2.48. The number of rotatable bonds is 1. The van der Waals surface area contributed by atoms with E-state index in [1.165, 1.54) is 31.5 Å². The highest BCUT2D eigenvalue weighted by molar-refractivity contribution is 5.21. The Labute approximate surface area is 93.5 Å². The van der Waals surface area contributed by atoms with E-state index in [4.69, 9.17) is 5.73 Å². The molecule has 2 N–H and O–H groups in total. The van der Waals surface area contributed by atoms with Crippen molar-refractivity contribution in [3.05, 3.63) is 12.2 Å². The topological polar surface area (TPSA) is 29.3 Å². The molecule has 2 fully saturated rings. The van der Waals surface area contributed by atoms with Crippen molar-refractivity contribution < 1.29 is 0 Å². The van der Waals surface area contributed by atoms with Gasteiger partial charge in [-0.05, 0) is 52.6 Å². The van der Waals surface area contributed by atoms with E-state index in [0.29, 0.717) is 17.5 Å². The van der Waals surface area contributed by atoms with Gasteiger partial charge in [-0.15, -0.1) is 0 Å². The van der Waals surface area contributed by atoms with Crippen molar-refractivity contribution in [3.8, 4) is 0 Å². The summed E-state index contributed by atoms with van der Waals surface area (Å²) in [5.74, 6) is 0. The zero-order valence-corrected chi connectivity index (χ0v) is 10.1. The molecule has 0 aromatic rings. The van der Waals surface area contributed by atoms with Gasteiger partial charge in [0.2, 0.25) is 0 Å². The van der Waals surface area contributed by atoms with Crippen molar-refractivity contribution >= 4 is 0 Å². The summed E-state index contributed by atoms with van der Waals surface area (Å²) in [7, 11) is 0. The molecule has 1 saturated heterocycles. The second-order valence-electron chi connectivity index (χ2n) is 5.53. The highest BCUT2D eigenvalue weighted by Crippen LogP contribution is 2.48. The minimum absolute atomic E-state index is 0.297. The first-order valence-corrected chi connectivity index (χ1v) is 6.24. The van der Waals surface area contributed by atoms with E-state index in [9.17, 15) is 0 Å². The van der Waals surface area contributed by atoms with Crippen molar-refractivity contribution in [2.24, 2.45) is 11.1 Å². The lowest BCUT2D eigenvalue weighted by molar-refractivity contribution is 0.0992. The summed E-state index contributed by atoms with van der Waals surface area (Å²) < 4.78 is 0. The van der Waals surface area contributed by atoms with Crippen LogP contribution >= 0.6 is 0 Å². The van der Waals surface area contributed by atoms with Gasteiger partial charge >= 0.3 is 0 Å². The predicted octanol–water partition coefficient (Wildman–Crippen LogP) is 2.15. The predicted molar refractivity (Wildman–Crippen MR) is 64.7 cm³/mol. The molecule has 1 aliphatic carbocycles. The number of piperidine rings is 1. The van der Waals surface area contributed by atoms with Crippen LogP contribution in [0.2, 0.25) is 0 Å². The Morgan fingerprint density at radius 2 is 2.00 bits per heavy atom. The SMILES string of the molecule is C=C1CC[C@@H](N)C12CCN(C(C)C)CC2. The molecule has 0 aromatic heterocycles. The van der Waals surface area contributed by atoms with E-state index in [1.807, 2.05) is 0 Å². The largest absolute Gasteiger partial charge is 0.327 e. The van der Waals surface area contributed by atoms with Crippen LogP contribution in [0, 0.1) is 5.41 Å². The molecule has 0 aromatic carbocycles. The molecular weight excluding hydrogens is 184 g/mol. The Morgan fingerprint density at radius 1 is 1.40 bits per heavy atom. The molecule has 0 amide bonds. The lowest BCUT2D eigenvalue weighted by Crippen LogP contribution is -2.49. The first-order valence-electron chi connectivity index (χ1n) is 6.24. The number of nitrogens with two attached hydrogens (primary N) is 1. The Balaban J connectivity index is 2.05. The quantitative estimate of drug-likeness (QED) is 0.669. The molecular formula is C13H24N2. The molecule has 2 nitrogen and oxygen atoms in total. The van der Waals surface area contributed by atoms with E-state index >= 15 is 0 Å². The summed E-state index contributed by atoms with van der Waals surface area (Å²) in [6.07, 6.45) is 4.76. The van der Waals surface area contributed by atoms with Gasteiger partial charge in [-0.3, -0.25) is 0 Å². The van der Waals surface area contributed by atoms with Crippen molar-refractivity contribution in [3.63, 3.8) is 0 Å². The maximum atomic E-state index is 6.28. The van der Waals surface area contributed by atoms with Crippen LogP contribution in [0.5, 0.6) is 0 Å². The monoisotopic (exact) mass is 208 g/mol. The zero-order valence-electron chi connectivity index (χ0n) is 10.1. The van der Waals surface area contributed by atoms with Crippen LogP contribution in [-0.2, 0) is 0 Å². The molecule has 2 aliphatic rings. The summed E-state index contributed by atoms with van der Waals surface area (Å²) in [5.41, 5.74) is 8.00. The second-order valence-corrected chi connectivity index (χ2v) is 5.53. The molecule has 1 spiro atoms. The number of hydrogen-bond donors (Lipinski definition) is 1. The summed E-state index contributed by atoms with van der Waals surface area (Å²) >= 11 is 0. The molecule has 2 heteroatoms. The normalized spacial score (nSPS) is 31.7. The van der Waals surface area contributed by atoms with Crippen LogP contribution in [0.3, 0.4) is 0 Å². The maximum Gasteiger partial charge on any atom is 0.0137 e. The van der Waals surface area contributed by atoms with E-state index in [1.54, 1.807) is 0 Å². The van der Waals surface area contributed by atoms with Crippen LogP contribution in [0.4, 0.5) is 0 Å². The molecule has 86 valence electrons.